The van der Waals surface area contributed by atoms with Crippen molar-refractivity contribution in [2.45, 2.75) is 33.1 Å². The molecule has 4 nitrogen and oxygen atoms in total. The van der Waals surface area contributed by atoms with Crippen LogP contribution in [0, 0.1) is 6.92 Å². The van der Waals surface area contributed by atoms with Crippen LogP contribution >= 0.6 is 11.6 Å². The predicted octanol–water partition coefficient (Wildman–Crippen LogP) is 4.33. The number of hydrogen-bond donors (Lipinski definition) is 1. The van der Waals surface area contributed by atoms with Crippen LogP contribution in [-0.4, -0.2) is 30.1 Å². The molecule has 0 saturated carbocycles. The van der Waals surface area contributed by atoms with Gasteiger partial charge in [-0.05, 0) is 37.5 Å². The number of nitrogens with one attached hydrogen (secondary N) is 1. The van der Waals surface area contributed by atoms with Crippen LogP contribution < -0.4 is 10.2 Å². The molecule has 124 valence electrons. The lowest BCUT2D eigenvalue weighted by Gasteiger charge is -2.18. The van der Waals surface area contributed by atoms with Crippen LogP contribution in [-0.2, 0) is 6.42 Å². The predicted molar refractivity (Wildman–Crippen MR) is 98.6 cm³/mol. The van der Waals surface area contributed by atoms with Crippen LogP contribution in [0.4, 0.5) is 11.8 Å². The van der Waals surface area contributed by atoms with E-state index < -0.39 is 0 Å². The second-order valence-corrected chi connectivity index (χ2v) is 6.21. The van der Waals surface area contributed by atoms with Crippen molar-refractivity contribution in [3.8, 4) is 0 Å². The molecule has 5 heteroatoms. The molecule has 0 aliphatic carbocycles. The molecule has 0 atom stereocenters. The first-order valence-corrected chi connectivity index (χ1v) is 8.51. The molecule has 1 heterocycles. The Kier molecular flexibility index (Phi) is 6.66. The molecule has 23 heavy (non-hydrogen) atoms. The Morgan fingerprint density at radius 1 is 1.22 bits per heavy atom. The molecule has 0 spiro atoms. The van der Waals surface area contributed by atoms with Crippen molar-refractivity contribution in [2.24, 2.45) is 0 Å². The molecule has 0 saturated heterocycles. The minimum atomic E-state index is 0.778. The maximum Gasteiger partial charge on any atom is 0.227 e. The summed E-state index contributed by atoms with van der Waals surface area (Å²) in [5.74, 6) is 1.65. The Labute approximate surface area is 143 Å². The van der Waals surface area contributed by atoms with Gasteiger partial charge in [-0.25, -0.2) is 4.98 Å². The molecule has 0 bridgehead atoms. The molecule has 0 radical (unpaired) electrons. The summed E-state index contributed by atoms with van der Waals surface area (Å²) >= 11 is 6.01. The number of unbranched alkanes of at least 4 members (excludes halogenated alkanes) is 1. The summed E-state index contributed by atoms with van der Waals surface area (Å²) in [7, 11) is 2.04. The molecule has 2 rings (SSSR count). The third-order valence-corrected chi connectivity index (χ3v) is 3.87. The Hall–Kier alpha value is -1.81. The number of halogens is 1. The van der Waals surface area contributed by atoms with E-state index in [9.17, 15) is 0 Å². The van der Waals surface area contributed by atoms with E-state index >= 15 is 0 Å². The zero-order valence-electron chi connectivity index (χ0n) is 14.1. The van der Waals surface area contributed by atoms with Gasteiger partial charge in [-0.15, -0.1) is 0 Å². The maximum absolute atomic E-state index is 6.01. The van der Waals surface area contributed by atoms with E-state index in [1.165, 1.54) is 12.0 Å². The Bertz CT molecular complexity index is 630. The van der Waals surface area contributed by atoms with Crippen LogP contribution in [0.1, 0.15) is 31.0 Å². The van der Waals surface area contributed by atoms with Gasteiger partial charge in [0.2, 0.25) is 5.95 Å². The fourth-order valence-corrected chi connectivity index (χ4v) is 2.55. The monoisotopic (exact) mass is 332 g/mol. The number of aryl methyl sites for hydroxylation is 1. The highest BCUT2D eigenvalue weighted by Crippen LogP contribution is 2.14. The molecular formula is C18H25ClN4. The zero-order valence-corrected chi connectivity index (χ0v) is 14.9. The van der Waals surface area contributed by atoms with Crippen molar-refractivity contribution < 1.29 is 0 Å². The van der Waals surface area contributed by atoms with Crippen molar-refractivity contribution in [3.05, 3.63) is 46.6 Å². The van der Waals surface area contributed by atoms with E-state index in [1.54, 1.807) is 0 Å². The van der Waals surface area contributed by atoms with Gasteiger partial charge in [-0.3, -0.25) is 0 Å². The molecule has 0 aliphatic rings. The second-order valence-electron chi connectivity index (χ2n) is 5.78. The quantitative estimate of drug-likeness (QED) is 0.781. The molecule has 0 amide bonds. The summed E-state index contributed by atoms with van der Waals surface area (Å²) < 4.78 is 0. The molecule has 1 aromatic carbocycles. The minimum absolute atomic E-state index is 0.778. The highest BCUT2D eigenvalue weighted by Gasteiger charge is 2.07. The van der Waals surface area contributed by atoms with E-state index in [4.69, 9.17) is 11.6 Å². The number of rotatable bonds is 8. The Balaban J connectivity index is 1.95. The van der Waals surface area contributed by atoms with Crippen molar-refractivity contribution in [2.75, 3.05) is 30.4 Å². The van der Waals surface area contributed by atoms with Crippen molar-refractivity contribution in [3.63, 3.8) is 0 Å². The largest absolute Gasteiger partial charge is 0.370 e. The SMILES string of the molecule is CCCCN(C)c1nc(C)cc(NCCc2cccc(Cl)c2)n1. The van der Waals surface area contributed by atoms with Gasteiger partial charge in [0.15, 0.2) is 0 Å². The topological polar surface area (TPSA) is 41.1 Å². The number of nitrogens with zero attached hydrogens (tertiary/aromatic N) is 3. The number of aromatic nitrogens is 2. The third kappa shape index (κ3) is 5.71. The standard InChI is InChI=1S/C18H25ClN4/c1-4-5-11-23(3)18-21-14(2)12-17(22-18)20-10-9-15-7-6-8-16(19)13-15/h6-8,12-13H,4-5,9-11H2,1-3H3,(H,20,21,22). The number of anilines is 2. The summed E-state index contributed by atoms with van der Waals surface area (Å²) in [6.45, 7) is 5.98. The molecule has 0 fully saturated rings. The van der Waals surface area contributed by atoms with E-state index in [0.717, 1.165) is 48.4 Å². The molecular weight excluding hydrogens is 308 g/mol. The normalized spacial score (nSPS) is 10.6. The highest BCUT2D eigenvalue weighted by molar-refractivity contribution is 6.30. The van der Waals surface area contributed by atoms with Crippen LogP contribution in [0.15, 0.2) is 30.3 Å². The van der Waals surface area contributed by atoms with Crippen LogP contribution in [0.3, 0.4) is 0 Å². The third-order valence-electron chi connectivity index (χ3n) is 3.64. The Morgan fingerprint density at radius 3 is 2.78 bits per heavy atom. The number of benzene rings is 1. The van der Waals surface area contributed by atoms with E-state index in [1.807, 2.05) is 38.2 Å². The van der Waals surface area contributed by atoms with E-state index in [0.29, 0.717) is 0 Å². The molecule has 2 aromatic rings. The molecule has 1 aromatic heterocycles. The summed E-state index contributed by atoms with van der Waals surface area (Å²) in [4.78, 5) is 11.2. The molecule has 0 unspecified atom stereocenters. The fraction of sp³-hybridized carbons (Fsp3) is 0.444. The van der Waals surface area contributed by atoms with Gasteiger partial charge in [0.05, 0.1) is 0 Å². The van der Waals surface area contributed by atoms with Gasteiger partial charge in [0.1, 0.15) is 5.82 Å². The van der Waals surface area contributed by atoms with Gasteiger partial charge in [0, 0.05) is 36.9 Å². The van der Waals surface area contributed by atoms with Gasteiger partial charge in [0.25, 0.3) is 0 Å². The van der Waals surface area contributed by atoms with Gasteiger partial charge in [-0.1, -0.05) is 37.1 Å². The molecule has 1 N–H and O–H groups in total. The fourth-order valence-electron chi connectivity index (χ4n) is 2.34. The van der Waals surface area contributed by atoms with E-state index in [2.05, 4.69) is 33.2 Å². The maximum atomic E-state index is 6.01. The lowest BCUT2D eigenvalue weighted by Crippen LogP contribution is -2.22. The van der Waals surface area contributed by atoms with Crippen LogP contribution in [0.2, 0.25) is 5.02 Å². The van der Waals surface area contributed by atoms with Gasteiger partial charge in [-0.2, -0.15) is 4.98 Å². The van der Waals surface area contributed by atoms with Crippen molar-refractivity contribution >= 4 is 23.4 Å². The average Bonchev–Trinajstić information content (AvgIpc) is 2.52. The van der Waals surface area contributed by atoms with Gasteiger partial charge >= 0.3 is 0 Å². The Morgan fingerprint density at radius 2 is 2.04 bits per heavy atom. The van der Waals surface area contributed by atoms with E-state index in [-0.39, 0.29) is 0 Å². The van der Waals surface area contributed by atoms with Crippen LogP contribution in [0.5, 0.6) is 0 Å². The summed E-state index contributed by atoms with van der Waals surface area (Å²) in [5, 5.41) is 4.16. The summed E-state index contributed by atoms with van der Waals surface area (Å²) in [6.07, 6.45) is 3.22. The molecule has 0 aliphatic heterocycles. The first-order valence-electron chi connectivity index (χ1n) is 8.13. The van der Waals surface area contributed by atoms with Crippen molar-refractivity contribution in [1.82, 2.24) is 9.97 Å². The first kappa shape index (κ1) is 17.5. The average molecular weight is 333 g/mol. The minimum Gasteiger partial charge on any atom is -0.370 e. The lowest BCUT2D eigenvalue weighted by atomic mass is 10.1. The number of hydrogen-bond acceptors (Lipinski definition) is 4. The highest BCUT2D eigenvalue weighted by atomic mass is 35.5. The smallest absolute Gasteiger partial charge is 0.227 e. The van der Waals surface area contributed by atoms with Crippen molar-refractivity contribution in [1.29, 1.82) is 0 Å². The first-order chi connectivity index (χ1) is 11.1. The second kappa shape index (κ2) is 8.73. The summed E-state index contributed by atoms with van der Waals surface area (Å²) in [6, 6.07) is 9.94. The summed E-state index contributed by atoms with van der Waals surface area (Å²) in [5.41, 5.74) is 2.19. The van der Waals surface area contributed by atoms with Gasteiger partial charge < -0.3 is 10.2 Å². The van der Waals surface area contributed by atoms with Crippen LogP contribution in [0.25, 0.3) is 0 Å². The lowest BCUT2D eigenvalue weighted by molar-refractivity contribution is 0.748. The zero-order chi connectivity index (χ0) is 16.7.